The summed E-state index contributed by atoms with van der Waals surface area (Å²) in [6, 6.07) is 3.93. The molecule has 1 N–H and O–H groups in total. The summed E-state index contributed by atoms with van der Waals surface area (Å²) in [4.78, 5) is 18.1. The van der Waals surface area contributed by atoms with Gasteiger partial charge < -0.3 is 14.8 Å². The second kappa shape index (κ2) is 8.07. The Balaban J connectivity index is 1.78. The van der Waals surface area contributed by atoms with Crippen molar-refractivity contribution >= 4 is 5.91 Å². The molecule has 1 aromatic heterocycles. The summed E-state index contributed by atoms with van der Waals surface area (Å²) in [6.07, 6.45) is 4.28. The molecule has 1 aliphatic heterocycles. The first-order chi connectivity index (χ1) is 10.2. The number of ether oxygens (including phenoxy) is 2. The molecule has 0 radical (unpaired) electrons. The number of likely N-dealkylation sites (N-methyl/N-ethyl adjacent to an activating group) is 1. The zero-order chi connectivity index (χ0) is 15.1. The maximum absolute atomic E-state index is 12.1. The molecule has 0 aliphatic carbocycles. The monoisotopic (exact) mass is 293 g/mol. The number of carbonyl (C=O) groups is 1. The van der Waals surface area contributed by atoms with E-state index in [1.54, 1.807) is 13.3 Å². The minimum Gasteiger partial charge on any atom is -0.379 e. The molecule has 1 saturated heterocycles. The van der Waals surface area contributed by atoms with Crippen LogP contribution in [0.2, 0.25) is 0 Å². The van der Waals surface area contributed by atoms with Crippen molar-refractivity contribution in [3.63, 3.8) is 0 Å². The molecule has 0 bridgehead atoms. The molecule has 1 amide bonds. The van der Waals surface area contributed by atoms with Crippen LogP contribution in [-0.4, -0.2) is 61.9 Å². The van der Waals surface area contributed by atoms with Crippen molar-refractivity contribution in [3.05, 3.63) is 30.1 Å². The Morgan fingerprint density at radius 2 is 2.48 bits per heavy atom. The van der Waals surface area contributed by atoms with Crippen molar-refractivity contribution in [2.45, 2.75) is 25.1 Å². The van der Waals surface area contributed by atoms with Gasteiger partial charge in [0.15, 0.2) is 0 Å². The van der Waals surface area contributed by atoms with Crippen molar-refractivity contribution in [3.8, 4) is 0 Å². The Labute approximate surface area is 125 Å². The van der Waals surface area contributed by atoms with Gasteiger partial charge in [-0.25, -0.2) is 0 Å². The summed E-state index contributed by atoms with van der Waals surface area (Å²) >= 11 is 0. The molecule has 2 rings (SSSR count). The summed E-state index contributed by atoms with van der Waals surface area (Å²) in [6.45, 7) is 2.24. The number of amides is 1. The van der Waals surface area contributed by atoms with Gasteiger partial charge in [0.1, 0.15) is 6.10 Å². The predicted molar refractivity (Wildman–Crippen MR) is 78.7 cm³/mol. The third-order valence-corrected chi connectivity index (χ3v) is 3.54. The molecule has 1 fully saturated rings. The summed E-state index contributed by atoms with van der Waals surface area (Å²) in [5.41, 5.74) is 1.09. The molecule has 0 aromatic carbocycles. The maximum Gasteiger partial charge on any atom is 0.234 e. The van der Waals surface area contributed by atoms with E-state index in [1.807, 2.05) is 30.3 Å². The standard InChI is InChI=1S/C15H23N3O3/c1-18(9-12-4-3-6-16-8-12)10-15(19)17-13-5-7-21-11-14(13)20-2/h3-4,6,8,13-14H,5,7,9-11H2,1-2H3,(H,17,19)/t13-,14-/m1/s1. The van der Waals surface area contributed by atoms with Crippen LogP contribution < -0.4 is 5.32 Å². The third-order valence-electron chi connectivity index (χ3n) is 3.54. The van der Waals surface area contributed by atoms with Gasteiger partial charge in [0.2, 0.25) is 5.91 Å². The normalized spacial score (nSPS) is 22.2. The summed E-state index contributed by atoms with van der Waals surface area (Å²) in [7, 11) is 3.57. The smallest absolute Gasteiger partial charge is 0.234 e. The van der Waals surface area contributed by atoms with Gasteiger partial charge in [0.25, 0.3) is 0 Å². The van der Waals surface area contributed by atoms with Crippen LogP contribution in [0.5, 0.6) is 0 Å². The highest BCUT2D eigenvalue weighted by Crippen LogP contribution is 2.10. The largest absolute Gasteiger partial charge is 0.379 e. The lowest BCUT2D eigenvalue weighted by Crippen LogP contribution is -2.51. The van der Waals surface area contributed by atoms with Crippen LogP contribution in [0.4, 0.5) is 0 Å². The Morgan fingerprint density at radius 1 is 1.62 bits per heavy atom. The average molecular weight is 293 g/mol. The third kappa shape index (κ3) is 5.08. The van der Waals surface area contributed by atoms with Crippen molar-refractivity contribution in [2.24, 2.45) is 0 Å². The van der Waals surface area contributed by atoms with Crippen LogP contribution in [-0.2, 0) is 20.8 Å². The van der Waals surface area contributed by atoms with E-state index in [0.717, 1.165) is 12.0 Å². The fourth-order valence-corrected chi connectivity index (χ4v) is 2.47. The highest BCUT2D eigenvalue weighted by Gasteiger charge is 2.27. The highest BCUT2D eigenvalue weighted by molar-refractivity contribution is 5.78. The quantitative estimate of drug-likeness (QED) is 0.824. The molecule has 6 nitrogen and oxygen atoms in total. The number of rotatable bonds is 6. The molecule has 0 unspecified atom stereocenters. The molecule has 6 heteroatoms. The van der Waals surface area contributed by atoms with E-state index in [9.17, 15) is 4.79 Å². The molecule has 1 aliphatic rings. The van der Waals surface area contributed by atoms with Crippen LogP contribution >= 0.6 is 0 Å². The van der Waals surface area contributed by atoms with Crippen LogP contribution in [0.1, 0.15) is 12.0 Å². The lowest BCUT2D eigenvalue weighted by molar-refractivity contribution is -0.126. The highest BCUT2D eigenvalue weighted by atomic mass is 16.5. The fraction of sp³-hybridized carbons (Fsp3) is 0.600. The van der Waals surface area contributed by atoms with Crippen LogP contribution in [0.15, 0.2) is 24.5 Å². The van der Waals surface area contributed by atoms with E-state index < -0.39 is 0 Å². The van der Waals surface area contributed by atoms with Gasteiger partial charge >= 0.3 is 0 Å². The maximum atomic E-state index is 12.1. The molecule has 0 saturated carbocycles. The predicted octanol–water partition coefficient (Wildman–Crippen LogP) is 0.434. The van der Waals surface area contributed by atoms with Crippen molar-refractivity contribution in [2.75, 3.05) is 33.9 Å². The number of hydrogen-bond donors (Lipinski definition) is 1. The van der Waals surface area contributed by atoms with E-state index in [4.69, 9.17) is 9.47 Å². The molecule has 1 aromatic rings. The van der Waals surface area contributed by atoms with E-state index in [-0.39, 0.29) is 18.1 Å². The SMILES string of the molecule is CO[C@@H]1COCC[C@H]1NC(=O)CN(C)Cc1cccnc1. The van der Waals surface area contributed by atoms with E-state index in [2.05, 4.69) is 10.3 Å². The Bertz CT molecular complexity index is 441. The number of methoxy groups -OCH3 is 1. The zero-order valence-electron chi connectivity index (χ0n) is 12.6. The number of pyridine rings is 1. The summed E-state index contributed by atoms with van der Waals surface area (Å²) < 4.78 is 10.7. The minimum atomic E-state index is -0.0636. The molecule has 2 heterocycles. The summed E-state index contributed by atoms with van der Waals surface area (Å²) in [5.74, 6) is 0.00957. The lowest BCUT2D eigenvalue weighted by Gasteiger charge is -2.31. The van der Waals surface area contributed by atoms with Crippen LogP contribution in [0.25, 0.3) is 0 Å². The van der Waals surface area contributed by atoms with Crippen LogP contribution in [0.3, 0.4) is 0 Å². The number of nitrogens with zero attached hydrogens (tertiary/aromatic N) is 2. The van der Waals surface area contributed by atoms with Crippen molar-refractivity contribution in [1.29, 1.82) is 0 Å². The molecular weight excluding hydrogens is 270 g/mol. The second-order valence-corrected chi connectivity index (χ2v) is 5.35. The van der Waals surface area contributed by atoms with E-state index in [1.165, 1.54) is 0 Å². The van der Waals surface area contributed by atoms with Crippen LogP contribution in [0, 0.1) is 0 Å². The molecule has 21 heavy (non-hydrogen) atoms. The van der Waals surface area contributed by atoms with Crippen molar-refractivity contribution < 1.29 is 14.3 Å². The number of hydrogen-bond acceptors (Lipinski definition) is 5. The van der Waals surface area contributed by atoms with Gasteiger partial charge in [0.05, 0.1) is 19.2 Å². The number of carbonyl (C=O) groups excluding carboxylic acids is 1. The van der Waals surface area contributed by atoms with E-state index in [0.29, 0.717) is 26.3 Å². The van der Waals surface area contributed by atoms with Gasteiger partial charge in [-0.15, -0.1) is 0 Å². The molecule has 2 atom stereocenters. The zero-order valence-corrected chi connectivity index (χ0v) is 12.6. The first-order valence-corrected chi connectivity index (χ1v) is 7.16. The van der Waals surface area contributed by atoms with Gasteiger partial charge in [-0.1, -0.05) is 6.07 Å². The molecule has 0 spiro atoms. The van der Waals surface area contributed by atoms with Gasteiger partial charge in [0, 0.05) is 32.7 Å². The van der Waals surface area contributed by atoms with E-state index >= 15 is 0 Å². The first-order valence-electron chi connectivity index (χ1n) is 7.16. The molecular formula is C15H23N3O3. The lowest BCUT2D eigenvalue weighted by atomic mass is 10.1. The molecule has 116 valence electrons. The second-order valence-electron chi connectivity index (χ2n) is 5.35. The van der Waals surface area contributed by atoms with Crippen molar-refractivity contribution in [1.82, 2.24) is 15.2 Å². The Hall–Kier alpha value is -1.50. The average Bonchev–Trinajstić information content (AvgIpc) is 2.48. The van der Waals surface area contributed by atoms with Gasteiger partial charge in [-0.3, -0.25) is 14.7 Å². The minimum absolute atomic E-state index is 0.00957. The Morgan fingerprint density at radius 3 is 3.19 bits per heavy atom. The van der Waals surface area contributed by atoms with Gasteiger partial charge in [-0.05, 0) is 25.1 Å². The first kappa shape index (κ1) is 15.9. The number of nitrogens with one attached hydrogen (secondary N) is 1. The topological polar surface area (TPSA) is 63.7 Å². The Kier molecular flexibility index (Phi) is 6.10. The summed E-state index contributed by atoms with van der Waals surface area (Å²) in [5, 5.41) is 3.04. The van der Waals surface area contributed by atoms with Gasteiger partial charge in [-0.2, -0.15) is 0 Å². The fourth-order valence-electron chi connectivity index (χ4n) is 2.47. The number of aromatic nitrogens is 1.